The van der Waals surface area contributed by atoms with Gasteiger partial charge in [-0.2, -0.15) is 5.10 Å². The fourth-order valence-corrected chi connectivity index (χ4v) is 2.92. The molecule has 1 aromatic carbocycles. The van der Waals surface area contributed by atoms with E-state index in [1.165, 1.54) is 11.3 Å². The fraction of sp³-hybridized carbons (Fsp3) is 0.357. The number of rotatable bonds is 3. The molecule has 0 radical (unpaired) electrons. The number of nitrogens with zero attached hydrogens (tertiary/aromatic N) is 2. The molecule has 0 saturated carbocycles. The van der Waals surface area contributed by atoms with Crippen LogP contribution in [0.4, 0.5) is 0 Å². The van der Waals surface area contributed by atoms with Crippen LogP contribution in [0.15, 0.2) is 34.9 Å². The minimum absolute atomic E-state index is 0.453. The average molecular weight is 322 g/mol. The molecule has 100 valence electrons. The van der Waals surface area contributed by atoms with Crippen LogP contribution in [-0.4, -0.2) is 33.3 Å². The second-order valence-corrected chi connectivity index (χ2v) is 5.85. The molecule has 0 aliphatic carbocycles. The Kier molecular flexibility index (Phi) is 3.68. The normalized spacial score (nSPS) is 17.2. The fourth-order valence-electron chi connectivity index (χ4n) is 2.50. The summed E-state index contributed by atoms with van der Waals surface area (Å²) in [6, 6.07) is 7.85. The number of aromatic nitrogens is 2. The molecule has 0 fully saturated rings. The molecule has 1 atom stereocenters. The number of aliphatic hydroxyl groups is 1. The second-order valence-electron chi connectivity index (χ2n) is 4.93. The third kappa shape index (κ3) is 2.88. The van der Waals surface area contributed by atoms with Gasteiger partial charge in [-0.15, -0.1) is 0 Å². The lowest BCUT2D eigenvalue weighted by atomic mass is 10.1. The molecule has 2 aromatic rings. The summed E-state index contributed by atoms with van der Waals surface area (Å²) in [7, 11) is 0. The summed E-state index contributed by atoms with van der Waals surface area (Å²) in [6.45, 7) is 2.47. The van der Waals surface area contributed by atoms with Crippen LogP contribution in [0.25, 0.3) is 0 Å². The van der Waals surface area contributed by atoms with Gasteiger partial charge >= 0.3 is 0 Å². The molecule has 0 saturated heterocycles. The van der Waals surface area contributed by atoms with E-state index in [0.717, 1.165) is 29.5 Å². The standard InChI is InChI=1S/C14H16BrN3O/c15-12-3-1-2-10(6-12)14(19)9-18-5-4-13-11(8-18)7-16-17-13/h1-3,6-7,14,19H,4-5,8-9H2,(H,16,17). The monoisotopic (exact) mass is 321 g/mol. The summed E-state index contributed by atoms with van der Waals surface area (Å²) in [4.78, 5) is 2.27. The van der Waals surface area contributed by atoms with Gasteiger partial charge in [0.05, 0.1) is 12.3 Å². The van der Waals surface area contributed by atoms with Crippen LogP contribution in [0, 0.1) is 0 Å². The van der Waals surface area contributed by atoms with Crippen molar-refractivity contribution >= 4 is 15.9 Å². The molecule has 0 spiro atoms. The Morgan fingerprint density at radius 3 is 3.21 bits per heavy atom. The minimum Gasteiger partial charge on any atom is -0.387 e. The Morgan fingerprint density at radius 1 is 1.47 bits per heavy atom. The molecule has 1 unspecified atom stereocenters. The molecule has 0 amide bonds. The van der Waals surface area contributed by atoms with Crippen LogP contribution in [0.3, 0.4) is 0 Å². The van der Waals surface area contributed by atoms with Crippen molar-refractivity contribution in [2.75, 3.05) is 13.1 Å². The van der Waals surface area contributed by atoms with Gasteiger partial charge in [0, 0.05) is 41.8 Å². The first kappa shape index (κ1) is 12.8. The first-order chi connectivity index (χ1) is 9.22. The molecule has 19 heavy (non-hydrogen) atoms. The largest absolute Gasteiger partial charge is 0.387 e. The number of hydrogen-bond acceptors (Lipinski definition) is 3. The summed E-state index contributed by atoms with van der Waals surface area (Å²) in [5, 5.41) is 17.4. The van der Waals surface area contributed by atoms with Gasteiger partial charge in [0.25, 0.3) is 0 Å². The molecule has 1 aromatic heterocycles. The number of β-amino-alcohol motifs (C(OH)–C–C–N with tert-alkyl or cyclic N) is 1. The number of aliphatic hydroxyl groups excluding tert-OH is 1. The van der Waals surface area contributed by atoms with Crippen molar-refractivity contribution in [2.45, 2.75) is 19.1 Å². The van der Waals surface area contributed by atoms with E-state index in [2.05, 4.69) is 31.0 Å². The number of halogens is 1. The van der Waals surface area contributed by atoms with E-state index < -0.39 is 6.10 Å². The lowest BCUT2D eigenvalue weighted by molar-refractivity contribution is 0.106. The highest BCUT2D eigenvalue weighted by Gasteiger charge is 2.20. The van der Waals surface area contributed by atoms with Crippen molar-refractivity contribution < 1.29 is 5.11 Å². The first-order valence-electron chi connectivity index (χ1n) is 6.39. The zero-order valence-electron chi connectivity index (χ0n) is 10.5. The molecule has 1 aliphatic heterocycles. The number of benzene rings is 1. The van der Waals surface area contributed by atoms with Gasteiger partial charge < -0.3 is 5.11 Å². The van der Waals surface area contributed by atoms with Gasteiger partial charge in [-0.1, -0.05) is 28.1 Å². The number of H-pyrrole nitrogens is 1. The van der Waals surface area contributed by atoms with Crippen LogP contribution in [0.5, 0.6) is 0 Å². The predicted molar refractivity (Wildman–Crippen MR) is 76.7 cm³/mol. The molecule has 2 heterocycles. The molecule has 4 nitrogen and oxygen atoms in total. The van der Waals surface area contributed by atoms with E-state index in [1.807, 2.05) is 30.5 Å². The smallest absolute Gasteiger partial charge is 0.0917 e. The Labute approximate surface area is 120 Å². The van der Waals surface area contributed by atoms with Crippen molar-refractivity contribution in [3.05, 3.63) is 51.8 Å². The van der Waals surface area contributed by atoms with Crippen molar-refractivity contribution in [2.24, 2.45) is 0 Å². The number of aromatic amines is 1. The Balaban J connectivity index is 1.66. The summed E-state index contributed by atoms with van der Waals surface area (Å²) in [5.74, 6) is 0. The van der Waals surface area contributed by atoms with Gasteiger partial charge in [-0.3, -0.25) is 10.00 Å². The van der Waals surface area contributed by atoms with E-state index in [-0.39, 0.29) is 0 Å². The van der Waals surface area contributed by atoms with Gasteiger partial charge in [0.15, 0.2) is 0 Å². The van der Waals surface area contributed by atoms with Crippen LogP contribution in [0.1, 0.15) is 22.9 Å². The molecule has 0 bridgehead atoms. The van der Waals surface area contributed by atoms with Crippen LogP contribution >= 0.6 is 15.9 Å². The lowest BCUT2D eigenvalue weighted by Gasteiger charge is -2.28. The number of fused-ring (bicyclic) bond motifs is 1. The highest BCUT2D eigenvalue weighted by Crippen LogP contribution is 2.22. The quantitative estimate of drug-likeness (QED) is 0.911. The van der Waals surface area contributed by atoms with Crippen molar-refractivity contribution in [1.29, 1.82) is 0 Å². The zero-order chi connectivity index (χ0) is 13.2. The van der Waals surface area contributed by atoms with Crippen molar-refractivity contribution in [3.63, 3.8) is 0 Å². The first-order valence-corrected chi connectivity index (χ1v) is 7.18. The van der Waals surface area contributed by atoms with E-state index >= 15 is 0 Å². The maximum Gasteiger partial charge on any atom is 0.0917 e. The van der Waals surface area contributed by atoms with Gasteiger partial charge in [0.2, 0.25) is 0 Å². The summed E-state index contributed by atoms with van der Waals surface area (Å²) < 4.78 is 1.000. The number of nitrogens with one attached hydrogen (secondary N) is 1. The highest BCUT2D eigenvalue weighted by molar-refractivity contribution is 9.10. The molecule has 2 N–H and O–H groups in total. The van der Waals surface area contributed by atoms with Crippen LogP contribution in [-0.2, 0) is 13.0 Å². The average Bonchev–Trinajstić information content (AvgIpc) is 2.86. The highest BCUT2D eigenvalue weighted by atomic mass is 79.9. The summed E-state index contributed by atoms with van der Waals surface area (Å²) in [5.41, 5.74) is 3.42. The van der Waals surface area contributed by atoms with Crippen LogP contribution in [0.2, 0.25) is 0 Å². The third-order valence-electron chi connectivity index (χ3n) is 3.54. The third-order valence-corrected chi connectivity index (χ3v) is 4.04. The topological polar surface area (TPSA) is 52.1 Å². The molecule has 3 rings (SSSR count). The predicted octanol–water partition coefficient (Wildman–Crippen LogP) is 2.26. The van der Waals surface area contributed by atoms with E-state index in [1.54, 1.807) is 0 Å². The Hall–Kier alpha value is -1.17. The molecule has 5 heteroatoms. The van der Waals surface area contributed by atoms with Gasteiger partial charge in [0.1, 0.15) is 0 Å². The summed E-state index contributed by atoms with van der Waals surface area (Å²) in [6.07, 6.45) is 2.40. The molecular formula is C14H16BrN3O. The Morgan fingerprint density at radius 2 is 2.37 bits per heavy atom. The lowest BCUT2D eigenvalue weighted by Crippen LogP contribution is -2.33. The molecule has 1 aliphatic rings. The SMILES string of the molecule is OC(CN1CCc2[nH]ncc2C1)c1cccc(Br)c1. The Bertz CT molecular complexity index is 569. The van der Waals surface area contributed by atoms with E-state index in [0.29, 0.717) is 6.54 Å². The van der Waals surface area contributed by atoms with Crippen molar-refractivity contribution in [1.82, 2.24) is 15.1 Å². The maximum atomic E-state index is 10.3. The van der Waals surface area contributed by atoms with Crippen LogP contribution < -0.4 is 0 Å². The van der Waals surface area contributed by atoms with Gasteiger partial charge in [-0.05, 0) is 17.7 Å². The maximum absolute atomic E-state index is 10.3. The zero-order valence-corrected chi connectivity index (χ0v) is 12.1. The summed E-state index contributed by atoms with van der Waals surface area (Å²) >= 11 is 3.43. The van der Waals surface area contributed by atoms with Gasteiger partial charge in [-0.25, -0.2) is 0 Å². The number of hydrogen-bond donors (Lipinski definition) is 2. The minimum atomic E-state index is -0.453. The second kappa shape index (κ2) is 5.45. The van der Waals surface area contributed by atoms with E-state index in [9.17, 15) is 5.11 Å². The van der Waals surface area contributed by atoms with E-state index in [4.69, 9.17) is 0 Å². The van der Waals surface area contributed by atoms with Crippen molar-refractivity contribution in [3.8, 4) is 0 Å². The molecular weight excluding hydrogens is 306 g/mol.